The number of fused-ring (bicyclic) bond motifs is 1. The molecule has 2 aromatic rings. The van der Waals surface area contributed by atoms with Crippen LogP contribution in [0.15, 0.2) is 20.7 Å². The predicted molar refractivity (Wildman–Crippen MR) is 103 cm³/mol. The Morgan fingerprint density at radius 2 is 1.46 bits per heavy atom. The fourth-order valence-electron chi connectivity index (χ4n) is 3.20. The Bertz CT molecular complexity index is 1000. The van der Waals surface area contributed by atoms with E-state index in [0.29, 0.717) is 35.1 Å². The molecular formula is C20H30N3O3+. The first-order valence-electron chi connectivity index (χ1n) is 8.94. The Balaban J connectivity index is 2.36. The van der Waals surface area contributed by atoms with Crippen molar-refractivity contribution in [1.82, 2.24) is 9.03 Å². The van der Waals surface area contributed by atoms with Crippen LogP contribution in [0.3, 0.4) is 0 Å². The Labute approximate surface area is 154 Å². The normalized spacial score (nSPS) is 12.0. The summed E-state index contributed by atoms with van der Waals surface area (Å²) in [6.07, 6.45) is 0.459. The third-order valence-electron chi connectivity index (χ3n) is 5.47. The van der Waals surface area contributed by atoms with E-state index in [4.69, 9.17) is 0 Å². The lowest BCUT2D eigenvalue weighted by Gasteiger charge is -2.29. The number of rotatable bonds is 6. The van der Waals surface area contributed by atoms with Crippen molar-refractivity contribution in [1.29, 1.82) is 0 Å². The number of hydrogen-bond acceptors (Lipinski definition) is 3. The molecule has 0 saturated carbocycles. The zero-order valence-electron chi connectivity index (χ0n) is 17.2. The number of carbonyl (C=O) groups is 1. The highest BCUT2D eigenvalue weighted by molar-refractivity contribution is 5.95. The van der Waals surface area contributed by atoms with Crippen molar-refractivity contribution in [2.45, 2.75) is 54.5 Å². The third-order valence-corrected chi connectivity index (χ3v) is 5.47. The maximum atomic E-state index is 12.5. The monoisotopic (exact) mass is 360 g/mol. The van der Waals surface area contributed by atoms with Crippen LogP contribution in [0.4, 0.5) is 0 Å². The number of Topliss-reactive ketones (excluding diaryl/α,β-unsaturated/α-hetero) is 1. The number of hydrogen-bond donors (Lipinski definition) is 0. The molecule has 2 rings (SSSR count). The first-order valence-corrected chi connectivity index (χ1v) is 8.94. The number of quaternary nitrogens is 1. The van der Waals surface area contributed by atoms with Crippen LogP contribution >= 0.6 is 0 Å². The molecule has 0 aliphatic heterocycles. The Morgan fingerprint density at radius 1 is 0.923 bits per heavy atom. The van der Waals surface area contributed by atoms with E-state index in [1.165, 1.54) is 4.52 Å². The fourth-order valence-corrected chi connectivity index (χ4v) is 3.20. The highest BCUT2D eigenvalue weighted by Gasteiger charge is 2.26. The van der Waals surface area contributed by atoms with Crippen molar-refractivity contribution in [3.05, 3.63) is 54.4 Å². The van der Waals surface area contributed by atoms with E-state index >= 15 is 0 Å². The molecule has 0 aliphatic carbocycles. The van der Waals surface area contributed by atoms with Gasteiger partial charge in [-0.15, -0.1) is 0 Å². The molecule has 26 heavy (non-hydrogen) atoms. The lowest BCUT2D eigenvalue weighted by atomic mass is 10.1. The molecule has 0 aromatic carbocycles. The molecule has 6 nitrogen and oxygen atoms in total. The molecule has 0 spiro atoms. The second-order valence-corrected chi connectivity index (χ2v) is 8.13. The molecule has 0 saturated heterocycles. The van der Waals surface area contributed by atoms with Gasteiger partial charge in [0.25, 0.3) is 11.1 Å². The summed E-state index contributed by atoms with van der Waals surface area (Å²) in [6.45, 7) is 12.4. The summed E-state index contributed by atoms with van der Waals surface area (Å²) in [5.74, 6) is 0.161. The number of nitrogens with zero attached hydrogens (tertiary/aromatic N) is 3. The molecule has 2 heterocycles. The van der Waals surface area contributed by atoms with Gasteiger partial charge in [-0.3, -0.25) is 14.4 Å². The summed E-state index contributed by atoms with van der Waals surface area (Å²) in [5, 5.41) is 0. The van der Waals surface area contributed by atoms with Crippen LogP contribution in [-0.2, 0) is 11.3 Å². The van der Waals surface area contributed by atoms with Gasteiger partial charge in [-0.2, -0.15) is 4.52 Å². The Morgan fingerprint density at radius 3 is 2.00 bits per heavy atom. The lowest BCUT2D eigenvalue weighted by molar-refractivity contribution is -0.903. The summed E-state index contributed by atoms with van der Waals surface area (Å²) >= 11 is 0. The first-order chi connectivity index (χ1) is 11.9. The van der Waals surface area contributed by atoms with Gasteiger partial charge in [0.15, 0.2) is 5.78 Å². The number of aryl methyl sites for hydroxylation is 1. The van der Waals surface area contributed by atoms with Crippen LogP contribution in [0.5, 0.6) is 0 Å². The van der Waals surface area contributed by atoms with E-state index in [2.05, 4.69) is 0 Å². The topological polar surface area (TPSA) is 60.0 Å². The van der Waals surface area contributed by atoms with E-state index in [9.17, 15) is 14.4 Å². The van der Waals surface area contributed by atoms with Crippen LogP contribution in [0, 0.1) is 20.8 Å². The van der Waals surface area contributed by atoms with Crippen molar-refractivity contribution >= 4 is 5.78 Å². The summed E-state index contributed by atoms with van der Waals surface area (Å²) in [7, 11) is 4.09. The average molecular weight is 360 g/mol. The number of ketones is 1. The van der Waals surface area contributed by atoms with E-state index in [1.807, 2.05) is 41.8 Å². The summed E-state index contributed by atoms with van der Waals surface area (Å²) in [5.41, 5.74) is 4.20. The summed E-state index contributed by atoms with van der Waals surface area (Å²) in [4.78, 5) is 37.2. The maximum Gasteiger partial charge on any atom is 0.277 e. The molecule has 142 valence electrons. The quantitative estimate of drug-likeness (QED) is 0.585. The molecule has 0 fully saturated rings. The largest absolute Gasteiger partial charge is 0.323 e. The van der Waals surface area contributed by atoms with Gasteiger partial charge in [-0.05, 0) is 47.1 Å². The first kappa shape index (κ1) is 20.1. The van der Waals surface area contributed by atoms with Crippen molar-refractivity contribution in [3.8, 4) is 0 Å². The molecular weight excluding hydrogens is 330 g/mol. The minimum absolute atomic E-state index is 0.161. The number of carbonyl (C=O) groups excluding carboxylic acids is 1. The van der Waals surface area contributed by atoms with Gasteiger partial charge < -0.3 is 4.48 Å². The zero-order valence-corrected chi connectivity index (χ0v) is 17.2. The molecule has 0 amide bonds. The molecule has 0 N–H and O–H groups in total. The average Bonchev–Trinajstić information content (AvgIpc) is 2.93. The van der Waals surface area contributed by atoms with Gasteiger partial charge in [0.2, 0.25) is 0 Å². The van der Waals surface area contributed by atoms with Crippen LogP contribution in [-0.4, -0.2) is 39.9 Å². The Kier molecular flexibility index (Phi) is 5.29. The summed E-state index contributed by atoms with van der Waals surface area (Å²) < 4.78 is 3.54. The van der Waals surface area contributed by atoms with Gasteiger partial charge >= 0.3 is 0 Å². The lowest BCUT2D eigenvalue weighted by Crippen LogP contribution is -2.41. The fraction of sp³-hybridized carbons (Fsp3) is 0.550. The maximum absolute atomic E-state index is 12.5. The highest BCUT2D eigenvalue weighted by Crippen LogP contribution is 2.16. The van der Waals surface area contributed by atoms with Gasteiger partial charge in [-0.25, -0.2) is 4.52 Å². The van der Waals surface area contributed by atoms with Crippen molar-refractivity contribution < 1.29 is 9.28 Å². The molecule has 2 aromatic heterocycles. The molecule has 0 radical (unpaired) electrons. The van der Waals surface area contributed by atoms with E-state index in [-0.39, 0.29) is 16.9 Å². The van der Waals surface area contributed by atoms with Gasteiger partial charge in [-0.1, -0.05) is 5.57 Å². The minimum Gasteiger partial charge on any atom is -0.323 e. The minimum atomic E-state index is -0.252. The summed E-state index contributed by atoms with van der Waals surface area (Å²) in [6, 6.07) is 0. The van der Waals surface area contributed by atoms with Crippen molar-refractivity contribution in [3.63, 3.8) is 0 Å². The van der Waals surface area contributed by atoms with Gasteiger partial charge in [0, 0.05) is 16.8 Å². The zero-order chi connectivity index (χ0) is 20.0. The van der Waals surface area contributed by atoms with E-state index in [0.717, 1.165) is 22.5 Å². The third kappa shape index (κ3) is 3.38. The highest BCUT2D eigenvalue weighted by atomic mass is 16.2. The van der Waals surface area contributed by atoms with Crippen molar-refractivity contribution in [2.24, 2.45) is 0 Å². The smallest absolute Gasteiger partial charge is 0.277 e. The molecule has 0 bridgehead atoms. The van der Waals surface area contributed by atoms with Crippen LogP contribution in [0.25, 0.3) is 0 Å². The molecule has 0 unspecified atom stereocenters. The second kappa shape index (κ2) is 6.83. The molecule has 6 heteroatoms. The standard InChI is InChI=1S/C20H30N3O3/c1-12(2)13(3)18(24)9-10-23(7,8)11-17-15(5)20(26)22-19(25)14(4)16(6)21(17)22/h9-11H2,1-8H3/q+1. The number of aromatic nitrogens is 2. The van der Waals surface area contributed by atoms with Crippen molar-refractivity contribution in [2.75, 3.05) is 20.6 Å². The van der Waals surface area contributed by atoms with Crippen LogP contribution < -0.4 is 11.1 Å². The number of allylic oxidation sites excluding steroid dienone is 2. The molecule has 0 aliphatic rings. The molecule has 0 atom stereocenters. The van der Waals surface area contributed by atoms with Crippen LogP contribution in [0.2, 0.25) is 0 Å². The predicted octanol–water partition coefficient (Wildman–Crippen LogP) is 2.01. The SMILES string of the molecule is CC(C)=C(C)C(=O)CC[N+](C)(C)Cc1c(C)c(=O)n2c(=O)c(C)c(C)n12. The Hall–Kier alpha value is -2.21. The van der Waals surface area contributed by atoms with Crippen LogP contribution in [0.1, 0.15) is 49.7 Å². The second-order valence-electron chi connectivity index (χ2n) is 8.13. The van der Waals surface area contributed by atoms with E-state index < -0.39 is 0 Å². The van der Waals surface area contributed by atoms with E-state index in [1.54, 1.807) is 18.4 Å². The van der Waals surface area contributed by atoms with Gasteiger partial charge in [0.1, 0.15) is 12.2 Å². The van der Waals surface area contributed by atoms with Gasteiger partial charge in [0.05, 0.1) is 27.1 Å².